The topological polar surface area (TPSA) is 415 Å². The van der Waals surface area contributed by atoms with Crippen molar-refractivity contribution in [1.82, 2.24) is 22.1 Å². The minimum atomic E-state index is -1.23. The van der Waals surface area contributed by atoms with Gasteiger partial charge in [-0.05, 0) is 0 Å². The zero-order chi connectivity index (χ0) is 38.6. The van der Waals surface area contributed by atoms with Crippen molar-refractivity contribution < 1.29 is 89.4 Å². The normalized spacial score (nSPS) is 9.62. The van der Waals surface area contributed by atoms with Gasteiger partial charge in [0, 0.05) is 52.3 Å². The molecule has 0 radical (unpaired) electrons. The zero-order valence-electron chi connectivity index (χ0n) is 27.2. The minimum absolute atomic E-state index is 0. The van der Waals surface area contributed by atoms with E-state index in [0.29, 0.717) is 0 Å². The molecule has 0 amide bonds. The molecule has 0 aliphatic heterocycles. The standard InChI is InChI=1S/C10H16N2O8.C4H10O2S2.4C2H4O2.C2H4.2H3N/c13-7(14)3-11(4-8(15)16)1-2-12(5-9(17)18)6-10(19)20;5-3(1-7)4(6)2-8;4*1-2(3)4;1-2;;/h1-6H2,(H,13,14)(H,15,16)(H,17,18)(H,19,20);3-8H,1-2H2;4*1H3,(H,3,4);1-2H2;2*1H3/t;3-,4-;;;;;;;/m.1......./s1. The third-order valence-electron chi connectivity index (χ3n) is 2.99. The fraction of sp³-hybridized carbons (Fsp3) is 0.583. The van der Waals surface area contributed by atoms with E-state index in [0.717, 1.165) is 37.5 Å². The lowest BCUT2D eigenvalue weighted by molar-refractivity contribution is -0.145. The summed E-state index contributed by atoms with van der Waals surface area (Å²) in [4.78, 5) is 80.4. The second kappa shape index (κ2) is 47.4. The van der Waals surface area contributed by atoms with Crippen molar-refractivity contribution in [2.75, 3.05) is 50.8 Å². The van der Waals surface area contributed by atoms with Crippen LogP contribution >= 0.6 is 25.3 Å². The highest BCUT2D eigenvalue weighted by molar-refractivity contribution is 7.80. The van der Waals surface area contributed by atoms with Gasteiger partial charge >= 0.3 is 23.9 Å². The van der Waals surface area contributed by atoms with E-state index in [1.165, 1.54) is 0 Å². The average Bonchev–Trinajstić information content (AvgIpc) is 2.85. The van der Waals surface area contributed by atoms with E-state index in [4.69, 9.17) is 70.2 Å². The molecule has 0 heterocycles. The molecule has 0 fully saturated rings. The Balaban J connectivity index is -0.0000000640. The highest BCUT2D eigenvalue weighted by Crippen LogP contribution is 1.97. The number of carboxylic acids is 8. The Morgan fingerprint density at radius 1 is 0.479 bits per heavy atom. The summed E-state index contributed by atoms with van der Waals surface area (Å²) in [6.45, 7) is 8.08. The van der Waals surface area contributed by atoms with Crippen LogP contribution in [0.1, 0.15) is 27.7 Å². The Hall–Kier alpha value is -4.04. The van der Waals surface area contributed by atoms with Crippen molar-refractivity contribution in [3.8, 4) is 0 Å². The summed E-state index contributed by atoms with van der Waals surface area (Å²) < 4.78 is 0. The molecule has 0 aromatic rings. The van der Waals surface area contributed by atoms with Gasteiger partial charge in [0.1, 0.15) is 0 Å². The number of rotatable bonds is 14. The molecule has 0 rings (SSSR count). The van der Waals surface area contributed by atoms with E-state index in [-0.39, 0.29) is 36.9 Å². The third kappa shape index (κ3) is 113. The molecular weight excluding hydrogens is 696 g/mol. The molecule has 48 heavy (non-hydrogen) atoms. The first kappa shape index (κ1) is 66.4. The third-order valence-corrected chi connectivity index (χ3v) is 3.73. The van der Waals surface area contributed by atoms with Crippen LogP contribution in [-0.2, 0) is 38.4 Å². The SMILES string of the molecule is C=C.CC(=O)O.CC(=O)O.CC(=O)O.CC(=O)O.N.N.O=C(O)CN(CCN(CC(=O)O)CC(=O)O)CC(=O)O.O[C@H](CS)[C@H](O)CS. The number of aliphatic hydroxyl groups is 2. The molecule has 288 valence electrons. The van der Waals surface area contributed by atoms with E-state index in [1.54, 1.807) is 0 Å². The molecule has 0 saturated heterocycles. The number of hydrogen-bond donors (Lipinski definition) is 14. The van der Waals surface area contributed by atoms with Crippen molar-refractivity contribution in [1.29, 1.82) is 0 Å². The van der Waals surface area contributed by atoms with Gasteiger partial charge in [-0.2, -0.15) is 25.3 Å². The van der Waals surface area contributed by atoms with Gasteiger partial charge < -0.3 is 63.4 Å². The number of nitrogens with zero attached hydrogens (tertiary/aromatic N) is 2. The largest absolute Gasteiger partial charge is 0.481 e. The minimum Gasteiger partial charge on any atom is -0.481 e. The number of thiol groups is 2. The Morgan fingerprint density at radius 2 is 0.604 bits per heavy atom. The fourth-order valence-corrected chi connectivity index (χ4v) is 2.21. The van der Waals surface area contributed by atoms with Crippen LogP contribution in [0.5, 0.6) is 0 Å². The number of carbonyl (C=O) groups is 8. The first-order valence-corrected chi connectivity index (χ1v) is 13.3. The molecule has 0 aromatic heterocycles. The molecule has 2 atom stereocenters. The molecule has 16 N–H and O–H groups in total. The maximum absolute atomic E-state index is 10.6. The van der Waals surface area contributed by atoms with Gasteiger partial charge in [-0.3, -0.25) is 48.2 Å². The summed E-state index contributed by atoms with van der Waals surface area (Å²) in [6, 6.07) is 0. The van der Waals surface area contributed by atoms with E-state index >= 15 is 0 Å². The van der Waals surface area contributed by atoms with Gasteiger partial charge in [0.05, 0.1) is 38.4 Å². The second-order valence-corrected chi connectivity index (χ2v) is 8.30. The second-order valence-electron chi connectivity index (χ2n) is 7.57. The highest BCUT2D eigenvalue weighted by Gasteiger charge is 2.18. The van der Waals surface area contributed by atoms with Gasteiger partial charge in [0.2, 0.25) is 0 Å². The number of hydrogen-bond acceptors (Lipinski definition) is 16. The van der Waals surface area contributed by atoms with Gasteiger partial charge in [-0.25, -0.2) is 0 Å². The lowest BCUT2D eigenvalue weighted by atomic mass is 10.3. The Morgan fingerprint density at radius 3 is 0.688 bits per heavy atom. The van der Waals surface area contributed by atoms with Crippen molar-refractivity contribution in [2.24, 2.45) is 0 Å². The summed E-state index contributed by atoms with van der Waals surface area (Å²) in [5, 5.41) is 81.6. The molecule has 0 unspecified atom stereocenters. The van der Waals surface area contributed by atoms with Crippen LogP contribution in [0.4, 0.5) is 0 Å². The summed E-state index contributed by atoms with van der Waals surface area (Å²) in [7, 11) is 0. The Kier molecular flexibility index (Phi) is 65.5. The fourth-order valence-electron chi connectivity index (χ4n) is 1.72. The van der Waals surface area contributed by atoms with Gasteiger partial charge in [-0.1, -0.05) is 0 Å². The summed E-state index contributed by atoms with van der Waals surface area (Å²) in [5.74, 6) is -7.68. The molecule has 24 heteroatoms. The van der Waals surface area contributed by atoms with Gasteiger partial charge in [0.25, 0.3) is 23.9 Å². The maximum atomic E-state index is 10.6. The summed E-state index contributed by atoms with van der Waals surface area (Å²) in [5.41, 5.74) is 0. The zero-order valence-corrected chi connectivity index (χ0v) is 29.0. The Labute approximate surface area is 288 Å². The number of aliphatic hydroxyl groups excluding tert-OH is 2. The van der Waals surface area contributed by atoms with Crippen molar-refractivity contribution in [3.05, 3.63) is 13.2 Å². The molecule has 0 aromatic carbocycles. The van der Waals surface area contributed by atoms with Gasteiger partial charge in [-0.15, -0.1) is 13.2 Å². The first-order valence-electron chi connectivity index (χ1n) is 12.0. The lowest BCUT2D eigenvalue weighted by Crippen LogP contribution is -2.43. The van der Waals surface area contributed by atoms with E-state index < -0.39 is 86.1 Å². The average molecular weight is 749 g/mol. The van der Waals surface area contributed by atoms with Crippen molar-refractivity contribution >= 4 is 73.0 Å². The Bertz CT molecular complexity index is 744. The van der Waals surface area contributed by atoms with Crippen LogP contribution in [0.3, 0.4) is 0 Å². The van der Waals surface area contributed by atoms with Crippen molar-refractivity contribution in [3.63, 3.8) is 0 Å². The van der Waals surface area contributed by atoms with Crippen LogP contribution in [-0.4, -0.2) is 172 Å². The van der Waals surface area contributed by atoms with Crippen LogP contribution < -0.4 is 12.3 Å². The smallest absolute Gasteiger partial charge is 0.317 e. The van der Waals surface area contributed by atoms with E-state index in [2.05, 4.69) is 38.4 Å². The van der Waals surface area contributed by atoms with Crippen molar-refractivity contribution in [2.45, 2.75) is 39.9 Å². The lowest BCUT2D eigenvalue weighted by Gasteiger charge is -2.23. The van der Waals surface area contributed by atoms with E-state index in [9.17, 15) is 19.2 Å². The molecule has 0 bridgehead atoms. The van der Waals surface area contributed by atoms with E-state index in [1.807, 2.05) is 0 Å². The summed E-state index contributed by atoms with van der Waals surface area (Å²) in [6.07, 6.45) is -1.48. The number of carboxylic acid groups (broad SMARTS) is 8. The van der Waals surface area contributed by atoms with Crippen LogP contribution in [0.15, 0.2) is 13.2 Å². The number of aliphatic carboxylic acids is 8. The highest BCUT2D eigenvalue weighted by atomic mass is 32.1. The quantitative estimate of drug-likeness (QED) is 0.0747. The monoisotopic (exact) mass is 748 g/mol. The molecule has 0 aliphatic rings. The van der Waals surface area contributed by atoms with Crippen LogP contribution in [0.25, 0.3) is 0 Å². The molecule has 0 saturated carbocycles. The molecule has 0 spiro atoms. The summed E-state index contributed by atoms with van der Waals surface area (Å²) >= 11 is 7.53. The van der Waals surface area contributed by atoms with Crippen LogP contribution in [0, 0.1) is 0 Å². The molecule has 0 aliphatic carbocycles. The first-order chi connectivity index (χ1) is 20.8. The molecule has 22 nitrogen and oxygen atoms in total. The predicted molar refractivity (Wildman–Crippen MR) is 178 cm³/mol. The predicted octanol–water partition coefficient (Wildman–Crippen LogP) is -1.01. The maximum Gasteiger partial charge on any atom is 0.317 e. The van der Waals surface area contributed by atoms with Gasteiger partial charge in [0.15, 0.2) is 0 Å². The van der Waals surface area contributed by atoms with Crippen LogP contribution in [0.2, 0.25) is 0 Å². The molecular formula is C24H52N4O18S2.